The predicted molar refractivity (Wildman–Crippen MR) is 98.2 cm³/mol. The standard InChI is InChI=1S/C21H26N2O2/c1-2-3-4-5-6-7-9-16-10-8-11-17(14-16)21(25)19-12-13-22-15-18(19)20(24)23-21/h8,10-15,25H,2-7,9H2,1H3,(H,23,24). The Morgan fingerprint density at radius 1 is 1.12 bits per heavy atom. The second-order valence-corrected chi connectivity index (χ2v) is 6.80. The number of nitrogens with one attached hydrogen (secondary N) is 1. The van der Waals surface area contributed by atoms with E-state index < -0.39 is 5.72 Å². The molecule has 3 rings (SSSR count). The Hall–Kier alpha value is -2.20. The molecule has 0 saturated heterocycles. The van der Waals surface area contributed by atoms with E-state index in [4.69, 9.17) is 0 Å². The van der Waals surface area contributed by atoms with Crippen molar-refractivity contribution in [1.29, 1.82) is 0 Å². The molecule has 2 heterocycles. The number of unbranched alkanes of at least 4 members (excludes halogenated alkanes) is 5. The van der Waals surface area contributed by atoms with E-state index in [1.165, 1.54) is 43.9 Å². The van der Waals surface area contributed by atoms with E-state index in [-0.39, 0.29) is 5.91 Å². The third-order valence-corrected chi connectivity index (χ3v) is 4.91. The second kappa shape index (κ2) is 7.79. The van der Waals surface area contributed by atoms with Crippen LogP contribution in [0.15, 0.2) is 42.7 Å². The van der Waals surface area contributed by atoms with Gasteiger partial charge in [-0.05, 0) is 24.5 Å². The van der Waals surface area contributed by atoms with Gasteiger partial charge in [0.2, 0.25) is 0 Å². The molecule has 0 fully saturated rings. The minimum atomic E-state index is -1.47. The molecule has 25 heavy (non-hydrogen) atoms. The normalized spacial score (nSPS) is 18.9. The lowest BCUT2D eigenvalue weighted by Crippen LogP contribution is -2.40. The minimum absolute atomic E-state index is 0.285. The minimum Gasteiger partial charge on any atom is -0.363 e. The Balaban J connectivity index is 1.71. The van der Waals surface area contributed by atoms with Gasteiger partial charge in [0.05, 0.1) is 5.56 Å². The van der Waals surface area contributed by atoms with Crippen molar-refractivity contribution in [2.24, 2.45) is 0 Å². The maximum atomic E-state index is 12.1. The largest absolute Gasteiger partial charge is 0.363 e. The quantitative estimate of drug-likeness (QED) is 0.717. The van der Waals surface area contributed by atoms with E-state index in [1.54, 1.807) is 12.3 Å². The molecule has 132 valence electrons. The maximum absolute atomic E-state index is 12.1. The SMILES string of the molecule is CCCCCCCCc1cccc(C2(O)NC(=O)c3cnccc32)c1. The van der Waals surface area contributed by atoms with Gasteiger partial charge in [0.15, 0.2) is 5.72 Å². The van der Waals surface area contributed by atoms with Gasteiger partial charge < -0.3 is 10.4 Å². The van der Waals surface area contributed by atoms with Crippen molar-refractivity contribution in [2.75, 3.05) is 0 Å². The Morgan fingerprint density at radius 3 is 2.76 bits per heavy atom. The number of pyridine rings is 1. The third-order valence-electron chi connectivity index (χ3n) is 4.91. The monoisotopic (exact) mass is 338 g/mol. The highest BCUT2D eigenvalue weighted by Gasteiger charge is 2.42. The molecule has 1 aromatic carbocycles. The van der Waals surface area contributed by atoms with Crippen molar-refractivity contribution in [1.82, 2.24) is 10.3 Å². The lowest BCUT2D eigenvalue weighted by atomic mass is 9.93. The summed E-state index contributed by atoms with van der Waals surface area (Å²) in [7, 11) is 0. The van der Waals surface area contributed by atoms with Crippen LogP contribution in [-0.4, -0.2) is 16.0 Å². The summed E-state index contributed by atoms with van der Waals surface area (Å²) >= 11 is 0. The molecule has 0 bridgehead atoms. The van der Waals surface area contributed by atoms with Crippen LogP contribution in [0.25, 0.3) is 0 Å². The van der Waals surface area contributed by atoms with Crippen LogP contribution in [0.2, 0.25) is 0 Å². The summed E-state index contributed by atoms with van der Waals surface area (Å²) in [6.07, 6.45) is 11.7. The highest BCUT2D eigenvalue weighted by Crippen LogP contribution is 2.34. The first-order valence-electron chi connectivity index (χ1n) is 9.24. The number of benzene rings is 1. The van der Waals surface area contributed by atoms with Crippen molar-refractivity contribution in [3.63, 3.8) is 0 Å². The first kappa shape index (κ1) is 17.6. The zero-order valence-corrected chi connectivity index (χ0v) is 14.8. The number of aromatic nitrogens is 1. The van der Waals surface area contributed by atoms with Crippen LogP contribution in [0.5, 0.6) is 0 Å². The fourth-order valence-corrected chi connectivity index (χ4v) is 3.48. The van der Waals surface area contributed by atoms with E-state index in [0.29, 0.717) is 16.7 Å². The highest BCUT2D eigenvalue weighted by atomic mass is 16.3. The molecule has 0 saturated carbocycles. The van der Waals surface area contributed by atoms with Gasteiger partial charge in [-0.1, -0.05) is 63.3 Å². The van der Waals surface area contributed by atoms with Crippen LogP contribution in [0.3, 0.4) is 0 Å². The van der Waals surface area contributed by atoms with Gasteiger partial charge in [-0.25, -0.2) is 0 Å². The number of rotatable bonds is 8. The number of nitrogens with zero attached hydrogens (tertiary/aromatic N) is 1. The van der Waals surface area contributed by atoms with Gasteiger partial charge in [0.25, 0.3) is 5.91 Å². The lowest BCUT2D eigenvalue weighted by molar-refractivity contribution is 0.0475. The van der Waals surface area contributed by atoms with Crippen LogP contribution in [-0.2, 0) is 12.1 Å². The highest BCUT2D eigenvalue weighted by molar-refractivity contribution is 6.00. The average Bonchev–Trinajstić information content (AvgIpc) is 2.91. The van der Waals surface area contributed by atoms with Crippen LogP contribution in [0, 0.1) is 0 Å². The van der Waals surface area contributed by atoms with Gasteiger partial charge >= 0.3 is 0 Å². The van der Waals surface area contributed by atoms with Gasteiger partial charge in [0.1, 0.15) is 0 Å². The Morgan fingerprint density at radius 2 is 1.92 bits per heavy atom. The number of aryl methyl sites for hydroxylation is 1. The fourth-order valence-electron chi connectivity index (χ4n) is 3.48. The van der Waals surface area contributed by atoms with Gasteiger partial charge in [0, 0.05) is 23.5 Å². The number of carbonyl (C=O) groups excluding carboxylic acids is 1. The molecule has 0 spiro atoms. The van der Waals surface area contributed by atoms with Crippen LogP contribution in [0.1, 0.15) is 72.5 Å². The van der Waals surface area contributed by atoms with E-state index in [2.05, 4.69) is 23.3 Å². The van der Waals surface area contributed by atoms with Gasteiger partial charge in [-0.2, -0.15) is 0 Å². The first-order valence-corrected chi connectivity index (χ1v) is 9.24. The van der Waals surface area contributed by atoms with Crippen molar-refractivity contribution in [2.45, 2.75) is 57.6 Å². The fraction of sp³-hybridized carbons (Fsp3) is 0.429. The average molecular weight is 338 g/mol. The summed E-state index contributed by atoms with van der Waals surface area (Å²) in [4.78, 5) is 16.1. The molecule has 1 unspecified atom stereocenters. The van der Waals surface area contributed by atoms with Crippen molar-refractivity contribution >= 4 is 5.91 Å². The summed E-state index contributed by atoms with van der Waals surface area (Å²) < 4.78 is 0. The number of amides is 1. The second-order valence-electron chi connectivity index (χ2n) is 6.80. The van der Waals surface area contributed by atoms with Crippen molar-refractivity contribution in [3.8, 4) is 0 Å². The van der Waals surface area contributed by atoms with Crippen molar-refractivity contribution in [3.05, 3.63) is 65.0 Å². The predicted octanol–water partition coefficient (Wildman–Crippen LogP) is 3.92. The molecule has 1 amide bonds. The van der Waals surface area contributed by atoms with Crippen LogP contribution >= 0.6 is 0 Å². The Bertz CT molecular complexity index is 744. The van der Waals surface area contributed by atoms with Gasteiger partial charge in [-0.3, -0.25) is 9.78 Å². The van der Waals surface area contributed by atoms with Crippen molar-refractivity contribution < 1.29 is 9.90 Å². The molecule has 1 atom stereocenters. The molecule has 1 aromatic heterocycles. The maximum Gasteiger partial charge on any atom is 0.256 e. The molecule has 1 aliphatic heterocycles. The summed E-state index contributed by atoms with van der Waals surface area (Å²) in [5.41, 5.74) is 1.44. The van der Waals surface area contributed by atoms with E-state index in [9.17, 15) is 9.90 Å². The van der Waals surface area contributed by atoms with Crippen LogP contribution < -0.4 is 5.32 Å². The molecular formula is C21H26N2O2. The number of hydrogen-bond acceptors (Lipinski definition) is 3. The number of carbonyl (C=O) groups is 1. The number of aliphatic hydroxyl groups is 1. The molecule has 4 heteroatoms. The molecular weight excluding hydrogens is 312 g/mol. The summed E-state index contributed by atoms with van der Waals surface area (Å²) in [6, 6.07) is 9.60. The Labute approximate surface area is 149 Å². The zero-order chi connectivity index (χ0) is 17.7. The van der Waals surface area contributed by atoms with E-state index in [1.807, 2.05) is 18.2 Å². The van der Waals surface area contributed by atoms with Gasteiger partial charge in [-0.15, -0.1) is 0 Å². The number of fused-ring (bicyclic) bond motifs is 1. The van der Waals surface area contributed by atoms with Crippen LogP contribution in [0.4, 0.5) is 0 Å². The molecule has 1 aliphatic rings. The third kappa shape index (κ3) is 3.74. The van der Waals surface area contributed by atoms with E-state index in [0.717, 1.165) is 12.8 Å². The lowest BCUT2D eigenvalue weighted by Gasteiger charge is -2.25. The van der Waals surface area contributed by atoms with E-state index >= 15 is 0 Å². The molecule has 0 aliphatic carbocycles. The molecule has 4 nitrogen and oxygen atoms in total. The molecule has 0 radical (unpaired) electrons. The molecule has 2 aromatic rings. The first-order chi connectivity index (χ1) is 12.1. The smallest absolute Gasteiger partial charge is 0.256 e. The topological polar surface area (TPSA) is 62.2 Å². The number of hydrogen-bond donors (Lipinski definition) is 2. The zero-order valence-electron chi connectivity index (χ0n) is 14.8. The Kier molecular flexibility index (Phi) is 5.49. The molecule has 2 N–H and O–H groups in total. The summed E-state index contributed by atoms with van der Waals surface area (Å²) in [6.45, 7) is 2.23. The summed E-state index contributed by atoms with van der Waals surface area (Å²) in [5.74, 6) is -0.285. The summed E-state index contributed by atoms with van der Waals surface area (Å²) in [5, 5.41) is 13.8.